The van der Waals surface area contributed by atoms with E-state index < -0.39 is 0 Å². The largest absolute Gasteiger partial charge is 0.326 e. The van der Waals surface area contributed by atoms with Crippen LogP contribution in [0.15, 0.2) is 54.4 Å². The molecular formula is C16H18N4S. The van der Waals surface area contributed by atoms with Crippen molar-refractivity contribution in [3.05, 3.63) is 60.0 Å². The molecule has 0 radical (unpaired) electrons. The molecule has 0 aliphatic carbocycles. The minimum Gasteiger partial charge on any atom is -0.326 e. The fourth-order valence-corrected chi connectivity index (χ4v) is 3.26. The summed E-state index contributed by atoms with van der Waals surface area (Å²) >= 11 is 1.69. The fourth-order valence-electron chi connectivity index (χ4n) is 2.53. The van der Waals surface area contributed by atoms with Crippen LogP contribution < -0.4 is 5.73 Å². The van der Waals surface area contributed by atoms with Gasteiger partial charge in [0, 0.05) is 30.8 Å². The molecule has 0 fully saturated rings. The Morgan fingerprint density at radius 1 is 1.24 bits per heavy atom. The van der Waals surface area contributed by atoms with Crippen molar-refractivity contribution in [2.45, 2.75) is 25.4 Å². The first-order valence-corrected chi connectivity index (χ1v) is 7.91. The Hall–Kier alpha value is -1.98. The summed E-state index contributed by atoms with van der Waals surface area (Å²) in [6, 6.07) is 8.28. The van der Waals surface area contributed by atoms with E-state index >= 15 is 0 Å². The van der Waals surface area contributed by atoms with E-state index in [1.807, 2.05) is 43.0 Å². The Morgan fingerprint density at radius 3 is 2.71 bits per heavy atom. The summed E-state index contributed by atoms with van der Waals surface area (Å²) in [5.74, 6) is 0.968. The van der Waals surface area contributed by atoms with Gasteiger partial charge in [0.1, 0.15) is 0 Å². The molecule has 0 aliphatic rings. The molecular weight excluding hydrogens is 280 g/mol. The second kappa shape index (κ2) is 6.20. The molecule has 0 spiro atoms. The van der Waals surface area contributed by atoms with Gasteiger partial charge in [0.2, 0.25) is 0 Å². The summed E-state index contributed by atoms with van der Waals surface area (Å²) < 4.78 is 2.18. The number of imidazole rings is 1. The van der Waals surface area contributed by atoms with Crippen molar-refractivity contribution >= 4 is 11.3 Å². The molecule has 3 rings (SSSR count). The second-order valence-electron chi connectivity index (χ2n) is 4.93. The highest BCUT2D eigenvalue weighted by molar-refractivity contribution is 7.13. The Labute approximate surface area is 128 Å². The maximum Gasteiger partial charge on any atom is 0.150 e. The molecule has 2 atom stereocenters. The van der Waals surface area contributed by atoms with E-state index in [9.17, 15) is 0 Å². The average Bonchev–Trinajstić information content (AvgIpc) is 3.19. The van der Waals surface area contributed by atoms with Crippen molar-refractivity contribution in [2.24, 2.45) is 5.73 Å². The fraction of sp³-hybridized carbons (Fsp3) is 0.250. The van der Waals surface area contributed by atoms with Gasteiger partial charge in [-0.2, -0.15) is 0 Å². The smallest absolute Gasteiger partial charge is 0.150 e. The number of hydrogen-bond acceptors (Lipinski definition) is 4. The van der Waals surface area contributed by atoms with Gasteiger partial charge >= 0.3 is 0 Å². The highest BCUT2D eigenvalue weighted by Gasteiger charge is 2.23. The normalized spacial score (nSPS) is 14.0. The summed E-state index contributed by atoms with van der Waals surface area (Å²) in [7, 11) is 0. The highest BCUT2D eigenvalue weighted by atomic mass is 32.1. The lowest BCUT2D eigenvalue weighted by Crippen LogP contribution is -2.32. The number of nitrogens with two attached hydrogens (primary N) is 1. The van der Waals surface area contributed by atoms with Crippen LogP contribution in [0.3, 0.4) is 0 Å². The third-order valence-electron chi connectivity index (χ3n) is 3.63. The first-order chi connectivity index (χ1) is 10.3. The van der Waals surface area contributed by atoms with Crippen LogP contribution in [-0.2, 0) is 0 Å². The maximum absolute atomic E-state index is 6.40. The lowest BCUT2D eigenvalue weighted by atomic mass is 9.98. The molecule has 0 aliphatic heterocycles. The van der Waals surface area contributed by atoms with E-state index in [4.69, 9.17) is 5.73 Å². The summed E-state index contributed by atoms with van der Waals surface area (Å²) in [5.41, 5.74) is 7.56. The topological polar surface area (TPSA) is 56.7 Å². The summed E-state index contributed by atoms with van der Waals surface area (Å²) in [6.45, 7) is 2.11. The SMILES string of the molecule is CCC(N)C(c1ccncc1)n1ccnc1-c1cccs1. The van der Waals surface area contributed by atoms with Crippen molar-refractivity contribution in [1.29, 1.82) is 0 Å². The van der Waals surface area contributed by atoms with Crippen molar-refractivity contribution in [3.63, 3.8) is 0 Å². The predicted octanol–water partition coefficient (Wildman–Crippen LogP) is 3.33. The van der Waals surface area contributed by atoms with E-state index in [2.05, 4.69) is 32.9 Å². The van der Waals surface area contributed by atoms with Crippen LogP contribution >= 0.6 is 11.3 Å². The standard InChI is InChI=1S/C16H18N4S/c1-2-13(17)15(12-5-7-18-8-6-12)20-10-9-19-16(20)14-4-3-11-21-14/h3-11,13,15H,2,17H2,1H3. The molecule has 4 nitrogen and oxygen atoms in total. The predicted molar refractivity (Wildman–Crippen MR) is 86.2 cm³/mol. The Bertz CT molecular complexity index is 675. The summed E-state index contributed by atoms with van der Waals surface area (Å²) in [4.78, 5) is 9.78. The van der Waals surface area contributed by atoms with Crippen LogP contribution in [0.25, 0.3) is 10.7 Å². The Morgan fingerprint density at radius 2 is 2.05 bits per heavy atom. The van der Waals surface area contributed by atoms with Crippen LogP contribution in [0, 0.1) is 0 Å². The molecule has 5 heteroatoms. The van der Waals surface area contributed by atoms with Gasteiger partial charge in [-0.25, -0.2) is 4.98 Å². The minimum atomic E-state index is 0.0281. The Balaban J connectivity index is 2.08. The maximum atomic E-state index is 6.40. The van der Waals surface area contributed by atoms with Gasteiger partial charge in [-0.3, -0.25) is 4.98 Å². The molecule has 0 aromatic carbocycles. The van der Waals surface area contributed by atoms with Crippen molar-refractivity contribution in [3.8, 4) is 10.7 Å². The van der Waals surface area contributed by atoms with Gasteiger partial charge in [-0.1, -0.05) is 13.0 Å². The second-order valence-corrected chi connectivity index (χ2v) is 5.88. The third kappa shape index (κ3) is 2.75. The first kappa shape index (κ1) is 14.0. The van der Waals surface area contributed by atoms with Gasteiger partial charge < -0.3 is 10.3 Å². The van der Waals surface area contributed by atoms with Crippen LogP contribution in [0.1, 0.15) is 24.9 Å². The van der Waals surface area contributed by atoms with Crippen LogP contribution in [0.5, 0.6) is 0 Å². The number of rotatable bonds is 5. The van der Waals surface area contributed by atoms with E-state index in [-0.39, 0.29) is 12.1 Å². The van der Waals surface area contributed by atoms with E-state index in [1.54, 1.807) is 11.3 Å². The quantitative estimate of drug-likeness (QED) is 0.786. The Kier molecular flexibility index (Phi) is 4.13. The molecule has 21 heavy (non-hydrogen) atoms. The van der Waals surface area contributed by atoms with Gasteiger partial charge in [-0.05, 0) is 35.6 Å². The molecule has 108 valence electrons. The van der Waals surface area contributed by atoms with E-state index in [0.29, 0.717) is 0 Å². The van der Waals surface area contributed by atoms with Gasteiger partial charge in [0.25, 0.3) is 0 Å². The molecule has 2 N–H and O–H groups in total. The van der Waals surface area contributed by atoms with Crippen LogP contribution in [-0.4, -0.2) is 20.6 Å². The number of aromatic nitrogens is 3. The molecule has 2 unspecified atom stereocenters. The van der Waals surface area contributed by atoms with Gasteiger partial charge in [0.15, 0.2) is 5.82 Å². The zero-order valence-corrected chi connectivity index (χ0v) is 12.7. The van der Waals surface area contributed by atoms with E-state index in [1.165, 1.54) is 0 Å². The van der Waals surface area contributed by atoms with Gasteiger partial charge in [0.05, 0.1) is 10.9 Å². The van der Waals surface area contributed by atoms with E-state index in [0.717, 1.165) is 22.7 Å². The number of nitrogens with zero attached hydrogens (tertiary/aromatic N) is 3. The van der Waals surface area contributed by atoms with Crippen molar-refractivity contribution in [1.82, 2.24) is 14.5 Å². The molecule has 0 bridgehead atoms. The minimum absolute atomic E-state index is 0.0281. The average molecular weight is 298 g/mol. The lowest BCUT2D eigenvalue weighted by molar-refractivity contribution is 0.462. The van der Waals surface area contributed by atoms with Gasteiger partial charge in [-0.15, -0.1) is 11.3 Å². The number of thiophene rings is 1. The highest BCUT2D eigenvalue weighted by Crippen LogP contribution is 2.30. The number of hydrogen-bond donors (Lipinski definition) is 1. The molecule has 3 aromatic rings. The zero-order valence-electron chi connectivity index (χ0n) is 11.9. The van der Waals surface area contributed by atoms with Crippen LogP contribution in [0.4, 0.5) is 0 Å². The molecule has 3 heterocycles. The molecule has 0 saturated heterocycles. The summed E-state index contributed by atoms with van der Waals surface area (Å²) in [5, 5.41) is 2.07. The first-order valence-electron chi connectivity index (χ1n) is 7.03. The molecule has 3 aromatic heterocycles. The zero-order chi connectivity index (χ0) is 14.7. The molecule has 0 saturated carbocycles. The monoisotopic (exact) mass is 298 g/mol. The van der Waals surface area contributed by atoms with Crippen molar-refractivity contribution in [2.75, 3.05) is 0 Å². The number of pyridine rings is 1. The third-order valence-corrected chi connectivity index (χ3v) is 4.50. The van der Waals surface area contributed by atoms with Crippen LogP contribution in [0.2, 0.25) is 0 Å². The summed E-state index contributed by atoms with van der Waals surface area (Å²) in [6.07, 6.45) is 8.37. The van der Waals surface area contributed by atoms with Crippen molar-refractivity contribution < 1.29 is 0 Å². The lowest BCUT2D eigenvalue weighted by Gasteiger charge is -2.26. The molecule has 0 amide bonds.